The van der Waals surface area contributed by atoms with Crippen LogP contribution in [0.25, 0.3) is 0 Å². The molecule has 2 N–H and O–H groups in total. The van der Waals surface area contributed by atoms with Crippen molar-refractivity contribution in [3.63, 3.8) is 0 Å². The molecule has 0 aromatic heterocycles. The molecule has 0 aromatic rings. The minimum Gasteiger partial charge on any atom is -0.337 e. The Morgan fingerprint density at radius 2 is 2.00 bits per heavy atom. The van der Waals surface area contributed by atoms with Gasteiger partial charge in [0.05, 0.1) is 0 Å². The summed E-state index contributed by atoms with van der Waals surface area (Å²) in [4.78, 5) is 15.9. The molecule has 0 aliphatic carbocycles. The standard InChI is InChI=1S/C11H24N4O/c1-14(2)9-6-12-11(16)13-10-4-7-15(3)8-5-10/h10H,4-9H2,1-3H3,(H2,12,13,16). The molecule has 16 heavy (non-hydrogen) atoms. The van der Waals surface area contributed by atoms with Crippen molar-refractivity contribution in [3.8, 4) is 0 Å². The molecule has 1 saturated heterocycles. The number of likely N-dealkylation sites (N-methyl/N-ethyl adjacent to an activating group) is 1. The Hall–Kier alpha value is -0.810. The lowest BCUT2D eigenvalue weighted by atomic mass is 10.1. The number of carbonyl (C=O) groups is 1. The van der Waals surface area contributed by atoms with E-state index in [0.29, 0.717) is 12.6 Å². The lowest BCUT2D eigenvalue weighted by Gasteiger charge is -2.29. The first kappa shape index (κ1) is 13.3. The van der Waals surface area contributed by atoms with Crippen LogP contribution in [0.3, 0.4) is 0 Å². The Labute approximate surface area is 98.2 Å². The number of likely N-dealkylation sites (tertiary alicyclic amines) is 1. The Morgan fingerprint density at radius 3 is 2.56 bits per heavy atom. The summed E-state index contributed by atoms with van der Waals surface area (Å²) >= 11 is 0. The highest BCUT2D eigenvalue weighted by Crippen LogP contribution is 2.07. The van der Waals surface area contributed by atoms with E-state index in [1.807, 2.05) is 14.1 Å². The monoisotopic (exact) mass is 228 g/mol. The van der Waals surface area contributed by atoms with Crippen LogP contribution in [0.2, 0.25) is 0 Å². The minimum atomic E-state index is -0.0311. The molecule has 5 heteroatoms. The van der Waals surface area contributed by atoms with Crippen molar-refractivity contribution in [2.45, 2.75) is 18.9 Å². The zero-order valence-corrected chi connectivity index (χ0v) is 10.6. The Balaban J connectivity index is 2.09. The summed E-state index contributed by atoms with van der Waals surface area (Å²) in [5, 5.41) is 5.89. The molecule has 0 saturated carbocycles. The fourth-order valence-corrected chi connectivity index (χ4v) is 1.78. The third-order valence-electron chi connectivity index (χ3n) is 2.90. The smallest absolute Gasteiger partial charge is 0.315 e. The number of hydrogen-bond acceptors (Lipinski definition) is 3. The molecule has 0 unspecified atom stereocenters. The largest absolute Gasteiger partial charge is 0.337 e. The van der Waals surface area contributed by atoms with Gasteiger partial charge in [-0.15, -0.1) is 0 Å². The summed E-state index contributed by atoms with van der Waals surface area (Å²) in [6.45, 7) is 3.72. The number of hydrogen-bond donors (Lipinski definition) is 2. The van der Waals surface area contributed by atoms with Crippen molar-refractivity contribution in [1.82, 2.24) is 20.4 Å². The molecule has 1 aliphatic heterocycles. The summed E-state index contributed by atoms with van der Waals surface area (Å²) in [5.41, 5.74) is 0. The maximum atomic E-state index is 11.5. The van der Waals surface area contributed by atoms with Gasteiger partial charge in [0.2, 0.25) is 0 Å². The number of nitrogens with zero attached hydrogens (tertiary/aromatic N) is 2. The van der Waals surface area contributed by atoms with Gasteiger partial charge >= 0.3 is 6.03 Å². The van der Waals surface area contributed by atoms with Crippen molar-refractivity contribution < 1.29 is 4.79 Å². The summed E-state index contributed by atoms with van der Waals surface area (Å²) < 4.78 is 0. The van der Waals surface area contributed by atoms with Gasteiger partial charge in [-0.3, -0.25) is 0 Å². The van der Waals surface area contributed by atoms with E-state index in [1.54, 1.807) is 0 Å². The van der Waals surface area contributed by atoms with E-state index in [-0.39, 0.29) is 6.03 Å². The quantitative estimate of drug-likeness (QED) is 0.709. The molecule has 1 aliphatic rings. The molecular formula is C11H24N4O. The van der Waals surface area contributed by atoms with Crippen LogP contribution in [0.15, 0.2) is 0 Å². The molecule has 0 spiro atoms. The van der Waals surface area contributed by atoms with Gasteiger partial charge in [-0.05, 0) is 47.1 Å². The van der Waals surface area contributed by atoms with Gasteiger partial charge in [-0.25, -0.2) is 4.79 Å². The molecule has 0 bridgehead atoms. The highest BCUT2D eigenvalue weighted by atomic mass is 16.2. The molecule has 1 rings (SSSR count). The van der Waals surface area contributed by atoms with E-state index in [0.717, 1.165) is 32.5 Å². The van der Waals surface area contributed by atoms with Crippen molar-refractivity contribution in [3.05, 3.63) is 0 Å². The molecule has 0 radical (unpaired) electrons. The lowest BCUT2D eigenvalue weighted by molar-refractivity contribution is 0.213. The molecule has 1 heterocycles. The SMILES string of the molecule is CN(C)CCNC(=O)NC1CCN(C)CC1. The van der Waals surface area contributed by atoms with Gasteiger partial charge in [0.1, 0.15) is 0 Å². The number of urea groups is 1. The molecule has 0 aromatic carbocycles. The normalized spacial score (nSPS) is 18.8. The second-order valence-electron chi connectivity index (χ2n) is 4.78. The van der Waals surface area contributed by atoms with Crippen molar-refractivity contribution >= 4 is 6.03 Å². The molecule has 2 amide bonds. The predicted molar refractivity (Wildman–Crippen MR) is 65.6 cm³/mol. The minimum absolute atomic E-state index is 0.0311. The first-order valence-corrected chi connectivity index (χ1v) is 5.95. The van der Waals surface area contributed by atoms with Crippen molar-refractivity contribution in [1.29, 1.82) is 0 Å². The summed E-state index contributed by atoms with van der Waals surface area (Å²) in [7, 11) is 6.11. The van der Waals surface area contributed by atoms with Crippen LogP contribution >= 0.6 is 0 Å². The third kappa shape index (κ3) is 5.32. The van der Waals surface area contributed by atoms with Crippen LogP contribution in [-0.4, -0.2) is 69.2 Å². The van der Waals surface area contributed by atoms with Gasteiger partial charge < -0.3 is 20.4 Å². The van der Waals surface area contributed by atoms with E-state index >= 15 is 0 Å². The maximum Gasteiger partial charge on any atom is 0.315 e. The van der Waals surface area contributed by atoms with Crippen LogP contribution in [0.5, 0.6) is 0 Å². The zero-order chi connectivity index (χ0) is 12.0. The van der Waals surface area contributed by atoms with E-state index in [9.17, 15) is 4.79 Å². The highest BCUT2D eigenvalue weighted by Gasteiger charge is 2.17. The number of carbonyl (C=O) groups excluding carboxylic acids is 1. The number of nitrogens with one attached hydrogen (secondary N) is 2. The summed E-state index contributed by atoms with van der Waals surface area (Å²) in [5.74, 6) is 0. The number of amides is 2. The molecule has 1 fully saturated rings. The predicted octanol–water partition coefficient (Wildman–Crippen LogP) is -0.0586. The van der Waals surface area contributed by atoms with Gasteiger partial charge in [-0.2, -0.15) is 0 Å². The van der Waals surface area contributed by atoms with Gasteiger partial charge in [-0.1, -0.05) is 0 Å². The zero-order valence-electron chi connectivity index (χ0n) is 10.6. The topological polar surface area (TPSA) is 47.6 Å². The van der Waals surface area contributed by atoms with Crippen LogP contribution in [0.1, 0.15) is 12.8 Å². The average molecular weight is 228 g/mol. The first-order chi connectivity index (χ1) is 7.58. The maximum absolute atomic E-state index is 11.5. The lowest BCUT2D eigenvalue weighted by Crippen LogP contribution is -2.48. The van der Waals surface area contributed by atoms with Crippen molar-refractivity contribution in [2.24, 2.45) is 0 Å². The van der Waals surface area contributed by atoms with Gasteiger partial charge in [0.15, 0.2) is 0 Å². The molecule has 94 valence electrons. The van der Waals surface area contributed by atoms with Gasteiger partial charge in [0, 0.05) is 19.1 Å². The van der Waals surface area contributed by atoms with Crippen LogP contribution in [-0.2, 0) is 0 Å². The Bertz CT molecular complexity index is 212. The number of piperidine rings is 1. The third-order valence-corrected chi connectivity index (χ3v) is 2.90. The van der Waals surface area contributed by atoms with E-state index < -0.39 is 0 Å². The van der Waals surface area contributed by atoms with Gasteiger partial charge in [0.25, 0.3) is 0 Å². The van der Waals surface area contributed by atoms with Crippen LogP contribution in [0, 0.1) is 0 Å². The van der Waals surface area contributed by atoms with E-state index in [4.69, 9.17) is 0 Å². The van der Waals surface area contributed by atoms with Crippen LogP contribution < -0.4 is 10.6 Å². The second kappa shape index (κ2) is 6.70. The molecular weight excluding hydrogens is 204 g/mol. The van der Waals surface area contributed by atoms with E-state index in [2.05, 4.69) is 27.5 Å². The molecule has 0 atom stereocenters. The van der Waals surface area contributed by atoms with Crippen LogP contribution in [0.4, 0.5) is 4.79 Å². The van der Waals surface area contributed by atoms with E-state index in [1.165, 1.54) is 0 Å². The molecule has 5 nitrogen and oxygen atoms in total. The first-order valence-electron chi connectivity index (χ1n) is 5.95. The van der Waals surface area contributed by atoms with Crippen molar-refractivity contribution in [2.75, 3.05) is 47.3 Å². The fraction of sp³-hybridized carbons (Fsp3) is 0.909. The average Bonchev–Trinajstić information content (AvgIpc) is 2.21. The fourth-order valence-electron chi connectivity index (χ4n) is 1.78. The summed E-state index contributed by atoms with van der Waals surface area (Å²) in [6.07, 6.45) is 2.11. The second-order valence-corrected chi connectivity index (χ2v) is 4.78. The highest BCUT2D eigenvalue weighted by molar-refractivity contribution is 5.74. The number of rotatable bonds is 4. The summed E-state index contributed by atoms with van der Waals surface area (Å²) in [6, 6.07) is 0.312. The Morgan fingerprint density at radius 1 is 1.38 bits per heavy atom. The Kier molecular flexibility index (Phi) is 5.55.